The fraction of sp³-hybridized carbons (Fsp3) is 0.407. The van der Waals surface area contributed by atoms with E-state index in [1.165, 1.54) is 5.56 Å². The molecule has 35 heavy (non-hydrogen) atoms. The van der Waals surface area contributed by atoms with Crippen LogP contribution in [-0.4, -0.2) is 60.3 Å². The van der Waals surface area contributed by atoms with E-state index in [4.69, 9.17) is 25.7 Å². The molecule has 1 saturated heterocycles. The molecule has 2 heterocycles. The van der Waals surface area contributed by atoms with Gasteiger partial charge in [-0.3, -0.25) is 20.9 Å². The normalized spacial score (nSPS) is 18.4. The smallest absolute Gasteiger partial charge is 0.352 e. The highest BCUT2D eigenvalue weighted by Gasteiger charge is 2.27. The Hall–Kier alpha value is -3.52. The minimum Gasteiger partial charge on any atom is -0.489 e. The third-order valence-corrected chi connectivity index (χ3v) is 6.41. The van der Waals surface area contributed by atoms with Crippen molar-refractivity contribution in [2.45, 2.75) is 38.5 Å². The number of likely N-dealkylation sites (tertiary alicyclic amines) is 1. The van der Waals surface area contributed by atoms with Crippen LogP contribution in [0.3, 0.4) is 0 Å². The van der Waals surface area contributed by atoms with Crippen LogP contribution in [0.25, 0.3) is 0 Å². The van der Waals surface area contributed by atoms with Crippen LogP contribution in [0, 0.1) is 0 Å². The highest BCUT2D eigenvalue weighted by molar-refractivity contribution is 5.77. The van der Waals surface area contributed by atoms with E-state index in [0.717, 1.165) is 50.3 Å². The molecule has 1 unspecified atom stereocenters. The topological polar surface area (TPSA) is 103 Å². The standard InChI is InChI=1S/C27H34N4O4/c1-3-13-30-14-12-24(18-30)34-22-8-6-20(7-9-22)25(26(32)33-4-2)35-23-10-5-19-11-15-31(27(28)29)17-21(19)16-23/h3,5-10,16,24-25H,1,4,11-15,17-18H2,2H3,(H3,28,29)/p+1/t24-,25?/m0/s1. The van der Waals surface area contributed by atoms with E-state index >= 15 is 0 Å². The molecule has 4 rings (SSSR count). The lowest BCUT2D eigenvalue weighted by molar-refractivity contribution is -0.549. The van der Waals surface area contributed by atoms with E-state index in [-0.39, 0.29) is 12.7 Å². The number of carbonyl (C=O) groups is 1. The van der Waals surface area contributed by atoms with Gasteiger partial charge < -0.3 is 14.2 Å². The summed E-state index contributed by atoms with van der Waals surface area (Å²) >= 11 is 0. The number of benzene rings is 2. The highest BCUT2D eigenvalue weighted by Crippen LogP contribution is 2.29. The van der Waals surface area contributed by atoms with Crippen molar-refractivity contribution < 1.29 is 23.6 Å². The van der Waals surface area contributed by atoms with Crippen molar-refractivity contribution in [1.82, 2.24) is 4.90 Å². The number of ether oxygens (including phenoxy) is 3. The molecule has 0 amide bonds. The fourth-order valence-electron chi connectivity index (χ4n) is 4.59. The van der Waals surface area contributed by atoms with Gasteiger partial charge in [-0.2, -0.15) is 0 Å². The lowest BCUT2D eigenvalue weighted by atomic mass is 10.0. The molecule has 0 aliphatic carbocycles. The first kappa shape index (κ1) is 24.6. The van der Waals surface area contributed by atoms with Crippen LogP contribution in [-0.2, 0) is 22.5 Å². The van der Waals surface area contributed by atoms with Crippen molar-refractivity contribution >= 4 is 11.9 Å². The van der Waals surface area contributed by atoms with Gasteiger partial charge in [0.05, 0.1) is 19.7 Å². The van der Waals surface area contributed by atoms with Crippen LogP contribution in [0.15, 0.2) is 55.1 Å². The summed E-state index contributed by atoms with van der Waals surface area (Å²) in [5.74, 6) is 1.23. The molecule has 0 spiro atoms. The first-order valence-electron chi connectivity index (χ1n) is 12.1. The van der Waals surface area contributed by atoms with Crippen LogP contribution in [0.4, 0.5) is 0 Å². The highest BCUT2D eigenvalue weighted by atomic mass is 16.6. The number of fused-ring (bicyclic) bond motifs is 1. The molecule has 2 aliphatic rings. The molecule has 186 valence electrons. The molecule has 2 atom stereocenters. The first-order valence-corrected chi connectivity index (χ1v) is 12.1. The lowest BCUT2D eigenvalue weighted by Gasteiger charge is -2.22. The third kappa shape index (κ3) is 6.14. The van der Waals surface area contributed by atoms with E-state index < -0.39 is 12.1 Å². The second-order valence-electron chi connectivity index (χ2n) is 8.92. The van der Waals surface area contributed by atoms with E-state index in [0.29, 0.717) is 23.8 Å². The van der Waals surface area contributed by atoms with Crippen molar-refractivity contribution in [1.29, 1.82) is 0 Å². The van der Waals surface area contributed by atoms with Crippen molar-refractivity contribution in [2.24, 2.45) is 11.5 Å². The Kier molecular flexibility index (Phi) is 7.92. The minimum absolute atomic E-state index is 0.146. The van der Waals surface area contributed by atoms with E-state index in [9.17, 15) is 4.79 Å². The summed E-state index contributed by atoms with van der Waals surface area (Å²) in [6.07, 6.45) is 3.00. The zero-order chi connectivity index (χ0) is 24.8. The number of nitrogens with zero attached hydrogens (tertiary/aromatic N) is 2. The molecular formula is C27H35N4O4+. The summed E-state index contributed by atoms with van der Waals surface area (Å²) < 4.78 is 19.6. The molecule has 8 heteroatoms. The van der Waals surface area contributed by atoms with Gasteiger partial charge in [-0.05, 0) is 48.7 Å². The maximum absolute atomic E-state index is 12.8. The maximum Gasteiger partial charge on any atom is 0.352 e. The zero-order valence-electron chi connectivity index (χ0n) is 20.3. The number of carbonyl (C=O) groups excluding carboxylic acids is 1. The molecule has 4 N–H and O–H groups in total. The Labute approximate surface area is 206 Å². The molecule has 2 aliphatic heterocycles. The number of esters is 1. The van der Waals surface area contributed by atoms with Crippen LogP contribution in [0.1, 0.15) is 36.1 Å². The summed E-state index contributed by atoms with van der Waals surface area (Å²) in [5, 5.41) is 0. The maximum atomic E-state index is 12.8. The predicted molar refractivity (Wildman–Crippen MR) is 134 cm³/mol. The molecule has 0 bridgehead atoms. The van der Waals surface area contributed by atoms with Gasteiger partial charge in [-0.25, -0.2) is 4.79 Å². The summed E-state index contributed by atoms with van der Waals surface area (Å²) in [6, 6.07) is 13.4. The monoisotopic (exact) mass is 479 g/mol. The SMILES string of the molecule is C=CCN1CC[C@H](Oc2ccc(C(Oc3ccc4c(c3)C[N+](=C(N)N)CC4)C(=O)OCC)cc2)C1. The number of guanidine groups is 1. The van der Waals surface area contributed by atoms with Crippen LogP contribution >= 0.6 is 0 Å². The quantitative estimate of drug-likeness (QED) is 0.246. The zero-order valence-corrected chi connectivity index (χ0v) is 20.3. The molecule has 0 saturated carbocycles. The first-order chi connectivity index (χ1) is 17.0. The number of nitrogens with two attached hydrogens (primary N) is 2. The third-order valence-electron chi connectivity index (χ3n) is 6.41. The van der Waals surface area contributed by atoms with Crippen molar-refractivity contribution in [2.75, 3.05) is 32.8 Å². The molecule has 1 fully saturated rings. The van der Waals surface area contributed by atoms with E-state index in [2.05, 4.69) is 11.5 Å². The van der Waals surface area contributed by atoms with E-state index in [1.807, 2.05) is 53.1 Å². The molecule has 0 aromatic heterocycles. The van der Waals surface area contributed by atoms with Gasteiger partial charge in [-0.15, -0.1) is 6.58 Å². The van der Waals surface area contributed by atoms with E-state index in [1.54, 1.807) is 6.92 Å². The van der Waals surface area contributed by atoms with Gasteiger partial charge >= 0.3 is 11.9 Å². The molecule has 0 radical (unpaired) electrons. The number of hydrogen-bond donors (Lipinski definition) is 2. The van der Waals surface area contributed by atoms with Gasteiger partial charge in [0.1, 0.15) is 17.6 Å². The second-order valence-corrected chi connectivity index (χ2v) is 8.92. The predicted octanol–water partition coefficient (Wildman–Crippen LogP) is 2.35. The van der Waals surface area contributed by atoms with Crippen molar-refractivity contribution in [3.63, 3.8) is 0 Å². The van der Waals surface area contributed by atoms with Crippen LogP contribution in [0.2, 0.25) is 0 Å². The molecule has 8 nitrogen and oxygen atoms in total. The number of hydrogen-bond acceptors (Lipinski definition) is 5. The van der Waals surface area contributed by atoms with Gasteiger partial charge in [0.2, 0.25) is 6.10 Å². The van der Waals surface area contributed by atoms with Gasteiger partial charge in [-0.1, -0.05) is 24.3 Å². The van der Waals surface area contributed by atoms with Crippen LogP contribution in [0.5, 0.6) is 11.5 Å². The molecular weight excluding hydrogens is 444 g/mol. The Morgan fingerprint density at radius 1 is 1.20 bits per heavy atom. The Morgan fingerprint density at radius 3 is 2.69 bits per heavy atom. The fourth-order valence-corrected chi connectivity index (χ4v) is 4.59. The summed E-state index contributed by atoms with van der Waals surface area (Å²) in [7, 11) is 0. The number of rotatable bonds is 9. The lowest BCUT2D eigenvalue weighted by Crippen LogP contribution is -2.38. The summed E-state index contributed by atoms with van der Waals surface area (Å²) in [5.41, 5.74) is 14.6. The average molecular weight is 480 g/mol. The molecule has 2 aromatic rings. The summed E-state index contributed by atoms with van der Waals surface area (Å²) in [4.78, 5) is 15.1. The Bertz CT molecular complexity index is 1080. The largest absolute Gasteiger partial charge is 0.489 e. The average Bonchev–Trinajstić information content (AvgIpc) is 3.29. The van der Waals surface area contributed by atoms with Gasteiger partial charge in [0.15, 0.2) is 0 Å². The Morgan fingerprint density at radius 2 is 1.97 bits per heavy atom. The molecule has 2 aromatic carbocycles. The van der Waals surface area contributed by atoms with Crippen molar-refractivity contribution in [3.8, 4) is 11.5 Å². The minimum atomic E-state index is -0.887. The van der Waals surface area contributed by atoms with Gasteiger partial charge in [0, 0.05) is 31.6 Å². The summed E-state index contributed by atoms with van der Waals surface area (Å²) in [6.45, 7) is 10.00. The Balaban J connectivity index is 1.48. The second kappa shape index (κ2) is 11.3. The van der Waals surface area contributed by atoms with Crippen LogP contribution < -0.4 is 20.9 Å². The van der Waals surface area contributed by atoms with Gasteiger partial charge in [0.25, 0.3) is 0 Å². The van der Waals surface area contributed by atoms with Crippen molar-refractivity contribution in [3.05, 3.63) is 71.8 Å².